The summed E-state index contributed by atoms with van der Waals surface area (Å²) in [6.45, 7) is 1.98. The van der Waals surface area contributed by atoms with Gasteiger partial charge in [0.15, 0.2) is 11.6 Å². The van der Waals surface area contributed by atoms with Crippen molar-refractivity contribution in [2.45, 2.75) is 11.8 Å². The molecule has 49 heavy (non-hydrogen) atoms. The average Bonchev–Trinajstić information content (AvgIpc) is 3.13. The first-order valence-electron chi connectivity index (χ1n) is 15.1. The number of carbonyl (C=O) groups is 2. The molecule has 9 heteroatoms. The lowest BCUT2D eigenvalue weighted by Gasteiger charge is -2.14. The van der Waals surface area contributed by atoms with Crippen LogP contribution in [0.1, 0.15) is 37.4 Å². The molecule has 0 fully saturated rings. The van der Waals surface area contributed by atoms with E-state index in [4.69, 9.17) is 18.9 Å². The fourth-order valence-electron chi connectivity index (χ4n) is 4.87. The van der Waals surface area contributed by atoms with Crippen molar-refractivity contribution in [3.63, 3.8) is 0 Å². The topological polar surface area (TPSA) is 111 Å². The summed E-state index contributed by atoms with van der Waals surface area (Å²) in [5, 5.41) is 0. The van der Waals surface area contributed by atoms with Gasteiger partial charge in [-0.1, -0.05) is 29.8 Å². The van der Waals surface area contributed by atoms with E-state index in [0.717, 1.165) is 5.56 Å². The highest BCUT2D eigenvalue weighted by Gasteiger charge is 2.13. The predicted molar refractivity (Wildman–Crippen MR) is 184 cm³/mol. The first kappa shape index (κ1) is 32.9. The average molecular weight is 670 g/mol. The van der Waals surface area contributed by atoms with Gasteiger partial charge in [-0.3, -0.25) is 13.8 Å². The Labute approximate surface area is 285 Å². The third-order valence-electron chi connectivity index (χ3n) is 7.52. The summed E-state index contributed by atoms with van der Waals surface area (Å²) in [5.41, 5.74) is 3.22. The summed E-state index contributed by atoms with van der Waals surface area (Å²) in [4.78, 5) is 25.8. The minimum atomic E-state index is -2.53. The van der Waals surface area contributed by atoms with Gasteiger partial charge in [-0.25, -0.2) is 0 Å². The van der Waals surface area contributed by atoms with E-state index < -0.39 is 11.1 Å². The van der Waals surface area contributed by atoms with Crippen molar-refractivity contribution >= 4 is 22.6 Å². The normalized spacial score (nSPS) is 11.3. The van der Waals surface area contributed by atoms with E-state index in [2.05, 4.69) is 0 Å². The molecular weight excluding hydrogens is 640 g/mol. The molecular formula is C40H29O8S-. The molecule has 0 aliphatic heterocycles. The van der Waals surface area contributed by atoms with Crippen molar-refractivity contribution in [1.82, 2.24) is 0 Å². The molecule has 0 aliphatic rings. The Kier molecular flexibility index (Phi) is 9.94. The number of rotatable bonds is 12. The molecule has 0 N–H and O–H groups in total. The van der Waals surface area contributed by atoms with Crippen molar-refractivity contribution in [1.29, 1.82) is 0 Å². The molecule has 8 nitrogen and oxygen atoms in total. The monoisotopic (exact) mass is 669 g/mol. The molecule has 6 aromatic rings. The number of ether oxygens (including phenoxy) is 4. The van der Waals surface area contributed by atoms with Crippen LogP contribution in [0.3, 0.4) is 0 Å². The molecule has 244 valence electrons. The van der Waals surface area contributed by atoms with E-state index in [0.29, 0.717) is 56.8 Å². The van der Waals surface area contributed by atoms with Crippen LogP contribution in [-0.2, 0) is 11.1 Å². The van der Waals surface area contributed by atoms with Gasteiger partial charge in [0, 0.05) is 22.3 Å². The summed E-state index contributed by atoms with van der Waals surface area (Å²) in [7, 11) is 1.44. The zero-order chi connectivity index (χ0) is 34.3. The molecule has 0 saturated heterocycles. The molecule has 0 heterocycles. The van der Waals surface area contributed by atoms with Gasteiger partial charge in [0.05, 0.1) is 12.0 Å². The van der Waals surface area contributed by atoms with Crippen LogP contribution in [0, 0.1) is 6.92 Å². The van der Waals surface area contributed by atoms with Gasteiger partial charge in [-0.05, 0) is 133 Å². The number of benzene rings is 6. The van der Waals surface area contributed by atoms with E-state index in [1.807, 2.05) is 31.2 Å². The van der Waals surface area contributed by atoms with E-state index in [1.165, 1.54) is 19.2 Å². The summed E-state index contributed by atoms with van der Waals surface area (Å²) in [6.07, 6.45) is 0. The molecule has 0 bridgehead atoms. The molecule has 0 aromatic heterocycles. The maximum absolute atomic E-state index is 13.1. The van der Waals surface area contributed by atoms with Crippen LogP contribution < -0.4 is 18.9 Å². The molecule has 0 spiro atoms. The number of ketones is 2. The van der Waals surface area contributed by atoms with Gasteiger partial charge >= 0.3 is 0 Å². The van der Waals surface area contributed by atoms with Crippen molar-refractivity contribution in [2.75, 3.05) is 7.11 Å². The third kappa shape index (κ3) is 8.10. The van der Waals surface area contributed by atoms with Crippen molar-refractivity contribution in [3.05, 3.63) is 167 Å². The van der Waals surface area contributed by atoms with Gasteiger partial charge in [0.1, 0.15) is 40.2 Å². The fourth-order valence-corrected chi connectivity index (χ4v) is 5.35. The van der Waals surface area contributed by atoms with Gasteiger partial charge < -0.3 is 23.5 Å². The Morgan fingerprint density at radius 3 is 1.18 bits per heavy atom. The largest absolute Gasteiger partial charge is 0.768 e. The van der Waals surface area contributed by atoms with E-state index in [-0.39, 0.29) is 22.2 Å². The molecule has 0 aliphatic carbocycles. The highest BCUT2D eigenvalue weighted by atomic mass is 32.2. The lowest BCUT2D eigenvalue weighted by molar-refractivity contribution is 0.103. The van der Waals surface area contributed by atoms with Gasteiger partial charge in [-0.2, -0.15) is 0 Å². The molecule has 1 unspecified atom stereocenters. The van der Waals surface area contributed by atoms with Gasteiger partial charge in [0.2, 0.25) is 0 Å². The van der Waals surface area contributed by atoms with Crippen LogP contribution in [0.2, 0.25) is 0 Å². The van der Waals surface area contributed by atoms with Crippen molar-refractivity contribution in [2.24, 2.45) is 0 Å². The zero-order valence-electron chi connectivity index (χ0n) is 26.5. The van der Waals surface area contributed by atoms with E-state index >= 15 is 0 Å². The maximum Gasteiger partial charge on any atom is 0.193 e. The molecule has 1 atom stereocenters. The number of hydrogen-bond acceptors (Lipinski definition) is 8. The highest BCUT2D eigenvalue weighted by Crippen LogP contribution is 2.32. The molecule has 6 aromatic carbocycles. The number of aryl methyl sites for hydroxylation is 1. The summed E-state index contributed by atoms with van der Waals surface area (Å²) in [6, 6.07) is 39.3. The summed E-state index contributed by atoms with van der Waals surface area (Å²) in [5.74, 6) is 3.00. The molecule has 0 radical (unpaired) electrons. The second kappa shape index (κ2) is 14.8. The van der Waals surface area contributed by atoms with Crippen LogP contribution in [0.5, 0.6) is 40.2 Å². The lowest BCUT2D eigenvalue weighted by Crippen LogP contribution is -2.01. The first-order chi connectivity index (χ1) is 23.7. The number of hydrogen-bond donors (Lipinski definition) is 0. The Balaban J connectivity index is 1.03. The van der Waals surface area contributed by atoms with Gasteiger partial charge in [0.25, 0.3) is 0 Å². The quantitative estimate of drug-likeness (QED) is 0.0937. The second-order valence-corrected chi connectivity index (χ2v) is 11.8. The molecule has 6 rings (SSSR count). The van der Waals surface area contributed by atoms with Crippen LogP contribution >= 0.6 is 0 Å². The van der Waals surface area contributed by atoms with E-state index in [9.17, 15) is 18.4 Å². The Hall–Kier alpha value is -6.03. The van der Waals surface area contributed by atoms with Gasteiger partial charge in [-0.15, -0.1) is 0 Å². The molecule has 0 amide bonds. The second-order valence-electron chi connectivity index (χ2n) is 10.9. The van der Waals surface area contributed by atoms with E-state index in [1.54, 1.807) is 103 Å². The minimum absolute atomic E-state index is 0.0404. The maximum atomic E-state index is 13.1. The highest BCUT2D eigenvalue weighted by molar-refractivity contribution is 7.79. The lowest BCUT2D eigenvalue weighted by atomic mass is 10.0. The smallest absolute Gasteiger partial charge is 0.193 e. The predicted octanol–water partition coefficient (Wildman–Crippen LogP) is 9.08. The fraction of sp³-hybridized carbons (Fsp3) is 0.0500. The molecule has 0 saturated carbocycles. The van der Waals surface area contributed by atoms with Crippen molar-refractivity contribution in [3.8, 4) is 40.2 Å². The number of methoxy groups -OCH3 is 1. The summed E-state index contributed by atoms with van der Waals surface area (Å²) >= 11 is -2.53. The van der Waals surface area contributed by atoms with Crippen LogP contribution in [0.15, 0.2) is 144 Å². The van der Waals surface area contributed by atoms with Crippen LogP contribution in [0.25, 0.3) is 0 Å². The number of carbonyl (C=O) groups excluding carboxylic acids is 2. The standard InChI is InChI=1S/C40H30O8S/c1-26-3-5-27(6-4-26)39(41)28-7-13-31(14-8-28)46-33-19-21-34(22-20-33)47-32-15-9-29(10-16-32)40(42)30-11-17-35(18-12-30)48-37-24-23-36(45-2)25-38(37)49(43)44/h3-25H,1-2H3,(H,43,44)/p-1. The minimum Gasteiger partial charge on any atom is -0.768 e. The Morgan fingerprint density at radius 2 is 0.816 bits per heavy atom. The third-order valence-corrected chi connectivity index (χ3v) is 8.19. The van der Waals surface area contributed by atoms with Crippen LogP contribution in [0.4, 0.5) is 0 Å². The Bertz CT molecular complexity index is 2110. The summed E-state index contributed by atoms with van der Waals surface area (Å²) < 4.78 is 46.0. The SMILES string of the molecule is COc1ccc(Oc2ccc(C(=O)c3ccc(Oc4ccc(Oc5ccc(C(=O)c6ccc(C)cc6)cc5)cc4)cc3)cc2)c(S(=O)[O-])c1. The van der Waals surface area contributed by atoms with Crippen LogP contribution in [-0.4, -0.2) is 27.4 Å². The van der Waals surface area contributed by atoms with Crippen molar-refractivity contribution < 1.29 is 37.3 Å². The zero-order valence-corrected chi connectivity index (χ0v) is 27.3. The first-order valence-corrected chi connectivity index (χ1v) is 16.2. The Morgan fingerprint density at radius 1 is 0.490 bits per heavy atom.